The molecule has 0 unspecified atom stereocenters. The van der Waals surface area contributed by atoms with E-state index < -0.39 is 17.5 Å². The third-order valence-electron chi connectivity index (χ3n) is 3.63. The maximum Gasteiger partial charge on any atom is 0.330 e. The summed E-state index contributed by atoms with van der Waals surface area (Å²) in [5.41, 5.74) is -0.884. The highest BCUT2D eigenvalue weighted by molar-refractivity contribution is 4.88. The second-order valence-electron chi connectivity index (χ2n) is 4.97. The fraction of sp³-hybridized carbons (Fsp3) is 0.692. The van der Waals surface area contributed by atoms with Crippen molar-refractivity contribution in [3.63, 3.8) is 0 Å². The fourth-order valence-electron chi connectivity index (χ4n) is 2.57. The molecule has 19 heavy (non-hydrogen) atoms. The Morgan fingerprint density at radius 1 is 1.53 bits per heavy atom. The molecule has 6 nitrogen and oxygen atoms in total. The van der Waals surface area contributed by atoms with Crippen LogP contribution in [0.25, 0.3) is 0 Å². The second kappa shape index (κ2) is 6.16. The van der Waals surface area contributed by atoms with Crippen LogP contribution in [0.2, 0.25) is 0 Å². The second-order valence-corrected chi connectivity index (χ2v) is 4.97. The van der Waals surface area contributed by atoms with Crippen molar-refractivity contribution in [2.24, 2.45) is 5.92 Å². The summed E-state index contributed by atoms with van der Waals surface area (Å²) in [5, 5.41) is 9.34. The van der Waals surface area contributed by atoms with E-state index >= 15 is 0 Å². The molecule has 106 valence electrons. The topological polar surface area (TPSA) is 84.3 Å². The zero-order chi connectivity index (χ0) is 13.8. The Morgan fingerprint density at radius 2 is 2.32 bits per heavy atom. The summed E-state index contributed by atoms with van der Waals surface area (Å²) in [6.07, 6.45) is 4.67. The van der Waals surface area contributed by atoms with Gasteiger partial charge in [0, 0.05) is 12.3 Å². The molecule has 0 spiro atoms. The molecule has 2 N–H and O–H groups in total. The SMILES string of the molecule is CCCC[C@H]1C[C@H](n2ccc(=O)[nH]c2=O)O[C@@H]1CO. The predicted molar refractivity (Wildman–Crippen MR) is 70.0 cm³/mol. The first kappa shape index (κ1) is 14.0. The summed E-state index contributed by atoms with van der Waals surface area (Å²) in [6, 6.07) is 1.30. The van der Waals surface area contributed by atoms with Crippen molar-refractivity contribution < 1.29 is 9.84 Å². The van der Waals surface area contributed by atoms with Gasteiger partial charge in [0.05, 0.1) is 12.7 Å². The van der Waals surface area contributed by atoms with Crippen LogP contribution in [0.5, 0.6) is 0 Å². The van der Waals surface area contributed by atoms with Gasteiger partial charge in [-0.1, -0.05) is 19.8 Å². The smallest absolute Gasteiger partial charge is 0.330 e. The van der Waals surface area contributed by atoms with E-state index in [0.717, 1.165) is 19.3 Å². The molecule has 0 aliphatic carbocycles. The van der Waals surface area contributed by atoms with E-state index in [2.05, 4.69) is 11.9 Å². The van der Waals surface area contributed by atoms with Gasteiger partial charge >= 0.3 is 5.69 Å². The Hall–Kier alpha value is -1.40. The maximum absolute atomic E-state index is 11.7. The summed E-state index contributed by atoms with van der Waals surface area (Å²) in [6.45, 7) is 2.08. The quantitative estimate of drug-likeness (QED) is 0.820. The highest BCUT2D eigenvalue weighted by Crippen LogP contribution is 2.35. The molecule has 1 aliphatic heterocycles. The van der Waals surface area contributed by atoms with Crippen LogP contribution in [0.4, 0.5) is 0 Å². The number of aromatic nitrogens is 2. The van der Waals surface area contributed by atoms with Crippen molar-refractivity contribution in [1.29, 1.82) is 0 Å². The summed E-state index contributed by atoms with van der Waals surface area (Å²) in [4.78, 5) is 25.0. The van der Waals surface area contributed by atoms with E-state index in [4.69, 9.17) is 4.74 Å². The molecule has 3 atom stereocenters. The van der Waals surface area contributed by atoms with Gasteiger partial charge in [0.2, 0.25) is 0 Å². The van der Waals surface area contributed by atoms with Gasteiger partial charge < -0.3 is 9.84 Å². The number of hydrogen-bond donors (Lipinski definition) is 2. The van der Waals surface area contributed by atoms with Crippen LogP contribution in [-0.4, -0.2) is 27.4 Å². The number of H-pyrrole nitrogens is 1. The van der Waals surface area contributed by atoms with E-state index in [-0.39, 0.29) is 18.6 Å². The molecule has 1 aromatic rings. The van der Waals surface area contributed by atoms with Crippen LogP contribution in [-0.2, 0) is 4.74 Å². The van der Waals surface area contributed by atoms with Crippen molar-refractivity contribution in [1.82, 2.24) is 9.55 Å². The predicted octanol–water partition coefficient (Wildman–Crippen LogP) is 0.623. The number of hydrogen-bond acceptors (Lipinski definition) is 4. The number of aliphatic hydroxyl groups is 1. The van der Waals surface area contributed by atoms with Gasteiger partial charge in [-0.05, 0) is 18.8 Å². The molecule has 0 aromatic carbocycles. The van der Waals surface area contributed by atoms with Crippen LogP contribution in [0.1, 0.15) is 38.8 Å². The third kappa shape index (κ3) is 3.13. The number of unbranched alkanes of at least 4 members (excludes halogenated alkanes) is 1. The monoisotopic (exact) mass is 268 g/mol. The van der Waals surface area contributed by atoms with E-state index in [0.29, 0.717) is 6.42 Å². The Bertz CT molecular complexity index is 522. The molecule has 0 saturated carbocycles. The molecule has 0 radical (unpaired) electrons. The van der Waals surface area contributed by atoms with Crippen LogP contribution >= 0.6 is 0 Å². The molecule has 1 fully saturated rings. The van der Waals surface area contributed by atoms with Gasteiger partial charge in [-0.15, -0.1) is 0 Å². The summed E-state index contributed by atoms with van der Waals surface area (Å²) < 4.78 is 7.10. The molecular weight excluding hydrogens is 248 g/mol. The summed E-state index contributed by atoms with van der Waals surface area (Å²) in [5.74, 6) is 0.258. The van der Waals surface area contributed by atoms with E-state index in [9.17, 15) is 14.7 Å². The van der Waals surface area contributed by atoms with Crippen LogP contribution in [0.3, 0.4) is 0 Å². The minimum atomic E-state index is -0.467. The number of aromatic amines is 1. The molecular formula is C13H20N2O4. The average molecular weight is 268 g/mol. The Morgan fingerprint density at radius 3 is 2.95 bits per heavy atom. The van der Waals surface area contributed by atoms with Crippen molar-refractivity contribution >= 4 is 0 Å². The van der Waals surface area contributed by atoms with Gasteiger partial charge in [-0.3, -0.25) is 14.3 Å². The van der Waals surface area contributed by atoms with E-state index in [1.807, 2.05) is 0 Å². The van der Waals surface area contributed by atoms with E-state index in [1.54, 1.807) is 0 Å². The molecule has 6 heteroatoms. The first-order valence-corrected chi connectivity index (χ1v) is 6.73. The van der Waals surface area contributed by atoms with Crippen LogP contribution in [0.15, 0.2) is 21.9 Å². The highest BCUT2D eigenvalue weighted by Gasteiger charge is 2.35. The van der Waals surface area contributed by atoms with Gasteiger partial charge in [-0.25, -0.2) is 4.79 Å². The lowest BCUT2D eigenvalue weighted by molar-refractivity contribution is -0.0333. The molecule has 2 rings (SSSR count). The minimum Gasteiger partial charge on any atom is -0.394 e. The zero-order valence-electron chi connectivity index (χ0n) is 11.0. The van der Waals surface area contributed by atoms with Crippen molar-refractivity contribution in [2.75, 3.05) is 6.61 Å². The molecule has 0 bridgehead atoms. The Kier molecular flexibility index (Phi) is 4.55. The van der Waals surface area contributed by atoms with Gasteiger partial charge in [0.1, 0.15) is 6.23 Å². The van der Waals surface area contributed by atoms with Crippen molar-refractivity contribution in [3.05, 3.63) is 33.1 Å². The first-order valence-electron chi connectivity index (χ1n) is 6.73. The number of rotatable bonds is 5. The highest BCUT2D eigenvalue weighted by atomic mass is 16.5. The normalized spacial score (nSPS) is 26.7. The fourth-order valence-corrected chi connectivity index (χ4v) is 2.57. The molecule has 0 amide bonds. The lowest BCUT2D eigenvalue weighted by Crippen LogP contribution is -2.31. The number of ether oxygens (including phenoxy) is 1. The molecule has 1 saturated heterocycles. The van der Waals surface area contributed by atoms with Crippen LogP contribution in [0, 0.1) is 5.92 Å². The third-order valence-corrected chi connectivity index (χ3v) is 3.63. The molecule has 2 heterocycles. The largest absolute Gasteiger partial charge is 0.394 e. The summed E-state index contributed by atoms with van der Waals surface area (Å²) >= 11 is 0. The lowest BCUT2D eigenvalue weighted by Gasteiger charge is -2.15. The van der Waals surface area contributed by atoms with E-state index in [1.165, 1.54) is 16.8 Å². The molecule has 1 aliphatic rings. The van der Waals surface area contributed by atoms with Gasteiger partial charge in [0.25, 0.3) is 5.56 Å². The van der Waals surface area contributed by atoms with Crippen LogP contribution < -0.4 is 11.2 Å². The Balaban J connectivity index is 2.14. The number of nitrogens with zero attached hydrogens (tertiary/aromatic N) is 1. The summed E-state index contributed by atoms with van der Waals surface area (Å²) in [7, 11) is 0. The molecule has 1 aromatic heterocycles. The maximum atomic E-state index is 11.7. The minimum absolute atomic E-state index is 0.0387. The zero-order valence-corrected chi connectivity index (χ0v) is 11.0. The van der Waals surface area contributed by atoms with Gasteiger partial charge in [0.15, 0.2) is 0 Å². The Labute approximate surface area is 111 Å². The average Bonchev–Trinajstić information content (AvgIpc) is 2.79. The lowest BCUT2D eigenvalue weighted by atomic mass is 9.95. The van der Waals surface area contributed by atoms with Crippen molar-refractivity contribution in [2.45, 2.75) is 44.9 Å². The number of aliphatic hydroxyl groups excluding tert-OH is 1. The van der Waals surface area contributed by atoms with Crippen molar-refractivity contribution in [3.8, 4) is 0 Å². The van der Waals surface area contributed by atoms with Gasteiger partial charge in [-0.2, -0.15) is 0 Å². The number of nitrogens with one attached hydrogen (secondary N) is 1. The standard InChI is InChI=1S/C13H20N2O4/c1-2-3-4-9-7-12(19-10(9)8-16)15-6-5-11(17)14-13(15)18/h5-6,9-10,12,16H,2-4,7-8H2,1H3,(H,14,17,18)/t9-,10+,12+/m0/s1. The first-order chi connectivity index (χ1) is 9.15.